The highest BCUT2D eigenvalue weighted by Gasteiger charge is 2.31. The zero-order valence-corrected chi connectivity index (χ0v) is 11.7. The van der Waals surface area contributed by atoms with Gasteiger partial charge in [0.25, 0.3) is 0 Å². The third-order valence-electron chi connectivity index (χ3n) is 4.28. The number of hydrogen-bond donors (Lipinski definition) is 1. The average Bonchev–Trinajstić information content (AvgIpc) is 2.31. The van der Waals surface area contributed by atoms with Crippen molar-refractivity contribution in [3.05, 3.63) is 35.1 Å². The van der Waals surface area contributed by atoms with E-state index in [1.54, 1.807) is 6.07 Å². The third kappa shape index (κ3) is 3.11. The Kier molecular flexibility index (Phi) is 4.06. The van der Waals surface area contributed by atoms with Gasteiger partial charge in [-0.05, 0) is 42.4 Å². The van der Waals surface area contributed by atoms with Gasteiger partial charge in [-0.2, -0.15) is 0 Å². The summed E-state index contributed by atoms with van der Waals surface area (Å²) in [7, 11) is 0. The first-order valence-electron chi connectivity index (χ1n) is 6.97. The Hall–Kier alpha value is -0.890. The monoisotopic (exact) mass is 249 g/mol. The van der Waals surface area contributed by atoms with Crippen molar-refractivity contribution in [2.45, 2.75) is 59.0 Å². The van der Waals surface area contributed by atoms with E-state index in [0.29, 0.717) is 11.5 Å². The third-order valence-corrected chi connectivity index (χ3v) is 4.28. The number of nitrogens with one attached hydrogen (secondary N) is 1. The lowest BCUT2D eigenvalue weighted by Crippen LogP contribution is -2.43. The molecule has 1 aliphatic rings. The van der Waals surface area contributed by atoms with Gasteiger partial charge in [-0.1, -0.05) is 38.8 Å². The van der Waals surface area contributed by atoms with E-state index in [9.17, 15) is 4.39 Å². The van der Waals surface area contributed by atoms with E-state index in [1.165, 1.54) is 31.2 Å². The summed E-state index contributed by atoms with van der Waals surface area (Å²) in [5.41, 5.74) is 2.29. The first-order valence-corrected chi connectivity index (χ1v) is 6.97. The van der Waals surface area contributed by atoms with Crippen molar-refractivity contribution < 1.29 is 4.39 Å². The second kappa shape index (κ2) is 5.40. The van der Waals surface area contributed by atoms with Gasteiger partial charge in [0.1, 0.15) is 5.82 Å². The van der Waals surface area contributed by atoms with Crippen LogP contribution in [0.3, 0.4) is 0 Å². The Labute approximate surface area is 110 Å². The molecule has 1 saturated carbocycles. The molecule has 1 N–H and O–H groups in total. The molecule has 1 nitrogen and oxygen atoms in total. The molecule has 1 aromatic rings. The molecule has 1 aromatic carbocycles. The van der Waals surface area contributed by atoms with Crippen LogP contribution in [-0.4, -0.2) is 6.04 Å². The van der Waals surface area contributed by atoms with Gasteiger partial charge in [0.05, 0.1) is 0 Å². The van der Waals surface area contributed by atoms with E-state index in [4.69, 9.17) is 0 Å². The first-order chi connectivity index (χ1) is 8.49. The molecule has 0 spiro atoms. The van der Waals surface area contributed by atoms with E-state index in [0.717, 1.165) is 12.1 Å². The highest BCUT2D eigenvalue weighted by atomic mass is 19.1. The highest BCUT2D eigenvalue weighted by Crippen LogP contribution is 2.35. The lowest BCUT2D eigenvalue weighted by molar-refractivity contribution is 0.167. The Morgan fingerprint density at radius 2 is 2.11 bits per heavy atom. The second-order valence-corrected chi connectivity index (χ2v) is 6.25. The van der Waals surface area contributed by atoms with Crippen LogP contribution in [-0.2, 0) is 6.54 Å². The van der Waals surface area contributed by atoms with Crippen molar-refractivity contribution in [1.29, 1.82) is 0 Å². The molecule has 0 aliphatic heterocycles. The minimum absolute atomic E-state index is 0.114. The topological polar surface area (TPSA) is 12.0 Å². The van der Waals surface area contributed by atoms with Gasteiger partial charge in [0.2, 0.25) is 0 Å². The predicted molar refractivity (Wildman–Crippen MR) is 74.0 cm³/mol. The standard InChI is InChI=1S/C16H24FN/c1-12-10-13(7-8-14(12)17)11-18-15-6-4-5-9-16(15,2)3/h7-8,10,15,18H,4-6,9,11H2,1-3H3. The minimum Gasteiger partial charge on any atom is -0.309 e. The van der Waals surface area contributed by atoms with Gasteiger partial charge in [0, 0.05) is 12.6 Å². The molecule has 2 rings (SSSR count). The lowest BCUT2D eigenvalue weighted by Gasteiger charge is -2.39. The Balaban J connectivity index is 1.96. The summed E-state index contributed by atoms with van der Waals surface area (Å²) >= 11 is 0. The molecule has 0 amide bonds. The molecule has 0 heterocycles. The fourth-order valence-electron chi connectivity index (χ4n) is 2.93. The zero-order valence-electron chi connectivity index (χ0n) is 11.7. The highest BCUT2D eigenvalue weighted by molar-refractivity contribution is 5.23. The smallest absolute Gasteiger partial charge is 0.126 e. The molecule has 1 fully saturated rings. The minimum atomic E-state index is -0.114. The van der Waals surface area contributed by atoms with Gasteiger partial charge in [0.15, 0.2) is 0 Å². The number of rotatable bonds is 3. The van der Waals surface area contributed by atoms with Crippen molar-refractivity contribution >= 4 is 0 Å². The zero-order chi connectivity index (χ0) is 13.2. The Bertz CT molecular complexity index is 412. The van der Waals surface area contributed by atoms with Crippen molar-refractivity contribution in [2.24, 2.45) is 5.41 Å². The molecule has 18 heavy (non-hydrogen) atoms. The summed E-state index contributed by atoms with van der Waals surface area (Å²) in [6, 6.07) is 5.97. The second-order valence-electron chi connectivity index (χ2n) is 6.25. The fraction of sp³-hybridized carbons (Fsp3) is 0.625. The number of hydrogen-bond acceptors (Lipinski definition) is 1. The quantitative estimate of drug-likeness (QED) is 0.847. The van der Waals surface area contributed by atoms with Gasteiger partial charge in [-0.25, -0.2) is 4.39 Å². The van der Waals surface area contributed by atoms with Crippen LogP contribution in [0, 0.1) is 18.2 Å². The van der Waals surface area contributed by atoms with Gasteiger partial charge >= 0.3 is 0 Å². The molecule has 0 aromatic heterocycles. The van der Waals surface area contributed by atoms with E-state index < -0.39 is 0 Å². The van der Waals surface area contributed by atoms with Crippen molar-refractivity contribution in [2.75, 3.05) is 0 Å². The molecule has 1 aliphatic carbocycles. The van der Waals surface area contributed by atoms with E-state index in [1.807, 2.05) is 19.1 Å². The SMILES string of the molecule is Cc1cc(CNC2CCCCC2(C)C)ccc1F. The summed E-state index contributed by atoms with van der Waals surface area (Å²) in [6.07, 6.45) is 5.23. The summed E-state index contributed by atoms with van der Waals surface area (Å²) in [5, 5.41) is 3.65. The van der Waals surface area contributed by atoms with E-state index >= 15 is 0 Å². The normalized spacial score (nSPS) is 23.0. The lowest BCUT2D eigenvalue weighted by atomic mass is 9.73. The fourth-order valence-corrected chi connectivity index (χ4v) is 2.93. The molecular weight excluding hydrogens is 225 g/mol. The van der Waals surface area contributed by atoms with Crippen molar-refractivity contribution in [3.8, 4) is 0 Å². The van der Waals surface area contributed by atoms with Gasteiger partial charge in [-0.15, -0.1) is 0 Å². The molecule has 0 saturated heterocycles. The van der Waals surface area contributed by atoms with Crippen LogP contribution in [0.2, 0.25) is 0 Å². The molecular formula is C16H24FN. The molecule has 100 valence electrons. The van der Waals surface area contributed by atoms with E-state index in [-0.39, 0.29) is 5.82 Å². The first kappa shape index (κ1) is 13.5. The summed E-state index contributed by atoms with van der Waals surface area (Å²) < 4.78 is 13.2. The maximum absolute atomic E-state index is 13.2. The van der Waals surface area contributed by atoms with Gasteiger partial charge in [-0.3, -0.25) is 0 Å². The van der Waals surface area contributed by atoms with Crippen molar-refractivity contribution in [3.63, 3.8) is 0 Å². The van der Waals surface area contributed by atoms with Crippen LogP contribution in [0.5, 0.6) is 0 Å². The average molecular weight is 249 g/mol. The summed E-state index contributed by atoms with van der Waals surface area (Å²) in [4.78, 5) is 0. The maximum atomic E-state index is 13.2. The van der Waals surface area contributed by atoms with Crippen LogP contribution in [0.25, 0.3) is 0 Å². The van der Waals surface area contributed by atoms with Crippen LogP contribution in [0.1, 0.15) is 50.7 Å². The number of halogens is 1. The predicted octanol–water partition coefficient (Wildman–Crippen LogP) is 4.19. The van der Waals surface area contributed by atoms with Crippen LogP contribution in [0.15, 0.2) is 18.2 Å². The largest absolute Gasteiger partial charge is 0.309 e. The molecule has 0 radical (unpaired) electrons. The van der Waals surface area contributed by atoms with Crippen LogP contribution >= 0.6 is 0 Å². The van der Waals surface area contributed by atoms with Crippen LogP contribution in [0.4, 0.5) is 4.39 Å². The number of aryl methyl sites for hydroxylation is 1. The Morgan fingerprint density at radius 1 is 1.33 bits per heavy atom. The molecule has 0 bridgehead atoms. The summed E-state index contributed by atoms with van der Waals surface area (Å²) in [5.74, 6) is -0.114. The van der Waals surface area contributed by atoms with E-state index in [2.05, 4.69) is 19.2 Å². The number of benzene rings is 1. The summed E-state index contributed by atoms with van der Waals surface area (Å²) in [6.45, 7) is 7.36. The van der Waals surface area contributed by atoms with Gasteiger partial charge < -0.3 is 5.32 Å². The van der Waals surface area contributed by atoms with Crippen LogP contribution < -0.4 is 5.32 Å². The van der Waals surface area contributed by atoms with Crippen molar-refractivity contribution in [1.82, 2.24) is 5.32 Å². The maximum Gasteiger partial charge on any atom is 0.126 e. The molecule has 1 unspecified atom stereocenters. The molecule has 2 heteroatoms. The Morgan fingerprint density at radius 3 is 2.78 bits per heavy atom. The molecule has 1 atom stereocenters.